The molecule has 0 rings (SSSR count). The minimum Gasteiger partial charge on any atom is -0.459 e. The van der Waals surface area contributed by atoms with Crippen LogP contribution in [-0.2, 0) is 19.0 Å². The van der Waals surface area contributed by atoms with Crippen LogP contribution in [0.25, 0.3) is 0 Å². The second-order valence-corrected chi connectivity index (χ2v) is 2.53. The number of carbonyl (C=O) groups excluding carboxylic acids is 2. The highest BCUT2D eigenvalue weighted by molar-refractivity contribution is 5.77. The number of esters is 1. The van der Waals surface area contributed by atoms with E-state index < -0.39 is 18.2 Å². The smallest absolute Gasteiger partial charge is 0.459 e. The first-order chi connectivity index (χ1) is 7.11. The molecule has 0 aromatic rings. The predicted molar refractivity (Wildman–Crippen MR) is 53.2 cm³/mol. The van der Waals surface area contributed by atoms with Gasteiger partial charge in [0.2, 0.25) is 0 Å². The molecule has 0 radical (unpaired) electrons. The summed E-state index contributed by atoms with van der Waals surface area (Å²) in [6.07, 6.45) is 0.878. The van der Waals surface area contributed by atoms with Crippen LogP contribution in [0.4, 0.5) is 4.79 Å². The van der Waals surface area contributed by atoms with Gasteiger partial charge in [-0.25, -0.2) is 9.59 Å². The molecule has 0 aromatic carbocycles. The monoisotopic (exact) mass is 214 g/mol. The fourth-order valence-corrected chi connectivity index (χ4v) is 0.612. The van der Waals surface area contributed by atoms with E-state index in [2.05, 4.69) is 27.4 Å². The van der Waals surface area contributed by atoms with Crippen LogP contribution in [0.2, 0.25) is 0 Å². The standard InChI is InChI=1S/C10H14O5/c1-4-6-13-9(11)8(3)15-10(12)14-7-5-2/h4-5,8H,1-2,6-7H2,3H3/t8-/m1/s1. The summed E-state index contributed by atoms with van der Waals surface area (Å²) in [4.78, 5) is 22.0. The van der Waals surface area contributed by atoms with Gasteiger partial charge in [-0.3, -0.25) is 0 Å². The molecular weight excluding hydrogens is 200 g/mol. The van der Waals surface area contributed by atoms with Gasteiger partial charge in [0.15, 0.2) is 6.10 Å². The van der Waals surface area contributed by atoms with Gasteiger partial charge in [0.1, 0.15) is 13.2 Å². The summed E-state index contributed by atoms with van der Waals surface area (Å²) in [5.41, 5.74) is 0. The largest absolute Gasteiger partial charge is 0.509 e. The van der Waals surface area contributed by atoms with Crippen LogP contribution < -0.4 is 0 Å². The average molecular weight is 214 g/mol. The Labute approximate surface area is 88.3 Å². The maximum Gasteiger partial charge on any atom is 0.509 e. The van der Waals surface area contributed by atoms with Gasteiger partial charge < -0.3 is 14.2 Å². The van der Waals surface area contributed by atoms with Gasteiger partial charge in [-0.15, -0.1) is 0 Å². The molecule has 0 unspecified atom stereocenters. The minimum absolute atomic E-state index is 0.0350. The maximum atomic E-state index is 11.1. The average Bonchev–Trinajstić information content (AvgIpc) is 2.22. The molecule has 0 aliphatic rings. The fraction of sp³-hybridized carbons (Fsp3) is 0.400. The highest BCUT2D eigenvalue weighted by atomic mass is 16.7. The molecule has 0 N–H and O–H groups in total. The van der Waals surface area contributed by atoms with Crippen LogP contribution in [0.1, 0.15) is 6.92 Å². The summed E-state index contributed by atoms with van der Waals surface area (Å²) in [5.74, 6) is -0.648. The van der Waals surface area contributed by atoms with Gasteiger partial charge >= 0.3 is 12.1 Å². The summed E-state index contributed by atoms with van der Waals surface area (Å²) in [6.45, 7) is 8.23. The topological polar surface area (TPSA) is 61.8 Å². The van der Waals surface area contributed by atoms with Crippen molar-refractivity contribution in [3.63, 3.8) is 0 Å². The second kappa shape index (κ2) is 7.61. The van der Waals surface area contributed by atoms with E-state index in [1.165, 1.54) is 19.1 Å². The Balaban J connectivity index is 3.84. The molecule has 0 aliphatic heterocycles. The Bertz CT molecular complexity index is 246. The van der Waals surface area contributed by atoms with Crippen molar-refractivity contribution in [2.24, 2.45) is 0 Å². The van der Waals surface area contributed by atoms with Crippen LogP contribution in [-0.4, -0.2) is 31.4 Å². The summed E-state index contributed by atoms with van der Waals surface area (Å²) < 4.78 is 13.8. The van der Waals surface area contributed by atoms with Crippen molar-refractivity contribution in [1.82, 2.24) is 0 Å². The van der Waals surface area contributed by atoms with E-state index in [0.717, 1.165) is 0 Å². The number of rotatable bonds is 6. The third-order valence-corrected chi connectivity index (χ3v) is 1.27. The van der Waals surface area contributed by atoms with Crippen LogP contribution in [0.15, 0.2) is 25.3 Å². The molecule has 0 spiro atoms. The van der Waals surface area contributed by atoms with Crippen molar-refractivity contribution in [1.29, 1.82) is 0 Å². The Morgan fingerprint density at radius 1 is 1.20 bits per heavy atom. The molecule has 5 nitrogen and oxygen atoms in total. The first kappa shape index (κ1) is 13.2. The van der Waals surface area contributed by atoms with E-state index in [1.807, 2.05) is 0 Å². The highest BCUT2D eigenvalue weighted by Gasteiger charge is 2.19. The van der Waals surface area contributed by atoms with Gasteiger partial charge in [0.05, 0.1) is 0 Å². The maximum absolute atomic E-state index is 11.1. The number of carbonyl (C=O) groups is 2. The van der Waals surface area contributed by atoms with Gasteiger partial charge in [-0.2, -0.15) is 0 Å². The van der Waals surface area contributed by atoms with Crippen molar-refractivity contribution >= 4 is 12.1 Å². The first-order valence-corrected chi connectivity index (χ1v) is 4.33. The lowest BCUT2D eigenvalue weighted by Gasteiger charge is -2.11. The molecule has 0 saturated carbocycles. The molecule has 0 bridgehead atoms. The van der Waals surface area contributed by atoms with E-state index >= 15 is 0 Å². The van der Waals surface area contributed by atoms with Crippen molar-refractivity contribution < 1.29 is 23.8 Å². The van der Waals surface area contributed by atoms with Crippen molar-refractivity contribution in [3.05, 3.63) is 25.3 Å². The van der Waals surface area contributed by atoms with Crippen LogP contribution in [0.3, 0.4) is 0 Å². The third-order valence-electron chi connectivity index (χ3n) is 1.27. The molecule has 0 aromatic heterocycles. The number of hydrogen-bond acceptors (Lipinski definition) is 5. The van der Waals surface area contributed by atoms with Gasteiger partial charge in [0.25, 0.3) is 0 Å². The van der Waals surface area contributed by atoms with E-state index in [9.17, 15) is 9.59 Å². The summed E-state index contributed by atoms with van der Waals surface area (Å²) >= 11 is 0. The highest BCUT2D eigenvalue weighted by Crippen LogP contribution is 1.97. The van der Waals surface area contributed by atoms with E-state index in [1.54, 1.807) is 0 Å². The van der Waals surface area contributed by atoms with Crippen LogP contribution in [0.5, 0.6) is 0 Å². The lowest BCUT2D eigenvalue weighted by atomic mass is 10.4. The molecule has 84 valence electrons. The van der Waals surface area contributed by atoms with Crippen molar-refractivity contribution in [2.45, 2.75) is 13.0 Å². The molecule has 0 fully saturated rings. The van der Waals surface area contributed by atoms with Crippen molar-refractivity contribution in [3.8, 4) is 0 Å². The molecule has 15 heavy (non-hydrogen) atoms. The summed E-state index contributed by atoms with van der Waals surface area (Å²) in [7, 11) is 0. The lowest BCUT2D eigenvalue weighted by molar-refractivity contribution is -0.152. The molecule has 0 saturated heterocycles. The molecule has 0 amide bonds. The molecule has 0 heterocycles. The van der Waals surface area contributed by atoms with Gasteiger partial charge in [0, 0.05) is 0 Å². The predicted octanol–water partition coefficient (Wildman–Crippen LogP) is 1.44. The molecule has 1 atom stereocenters. The van der Waals surface area contributed by atoms with Crippen molar-refractivity contribution in [2.75, 3.05) is 13.2 Å². The zero-order valence-electron chi connectivity index (χ0n) is 8.60. The first-order valence-electron chi connectivity index (χ1n) is 4.33. The zero-order valence-corrected chi connectivity index (χ0v) is 8.60. The van der Waals surface area contributed by atoms with E-state index in [4.69, 9.17) is 0 Å². The third kappa shape index (κ3) is 6.31. The van der Waals surface area contributed by atoms with Gasteiger partial charge in [-0.05, 0) is 6.92 Å². The Kier molecular flexibility index (Phi) is 6.70. The number of ether oxygens (including phenoxy) is 3. The summed E-state index contributed by atoms with van der Waals surface area (Å²) in [5, 5.41) is 0. The van der Waals surface area contributed by atoms with Gasteiger partial charge in [-0.1, -0.05) is 25.3 Å². The van der Waals surface area contributed by atoms with E-state index in [0.29, 0.717) is 0 Å². The second-order valence-electron chi connectivity index (χ2n) is 2.53. The Morgan fingerprint density at radius 2 is 1.73 bits per heavy atom. The van der Waals surface area contributed by atoms with E-state index in [-0.39, 0.29) is 13.2 Å². The Hall–Kier alpha value is -1.78. The SMILES string of the molecule is C=CCOC(=O)O[C@H](C)C(=O)OCC=C. The molecule has 0 aliphatic carbocycles. The zero-order chi connectivity index (χ0) is 11.7. The van der Waals surface area contributed by atoms with Crippen LogP contribution >= 0.6 is 0 Å². The molecule has 5 heteroatoms. The quantitative estimate of drug-likeness (QED) is 0.494. The molecular formula is C10H14O5. The minimum atomic E-state index is -0.998. The Morgan fingerprint density at radius 3 is 2.27 bits per heavy atom. The summed E-state index contributed by atoms with van der Waals surface area (Å²) in [6, 6.07) is 0. The number of hydrogen-bond donors (Lipinski definition) is 0. The normalized spacial score (nSPS) is 11.0. The van der Waals surface area contributed by atoms with Crippen LogP contribution in [0, 0.1) is 0 Å². The lowest BCUT2D eigenvalue weighted by Crippen LogP contribution is -2.26. The fourth-order valence-electron chi connectivity index (χ4n) is 0.612.